The Balaban J connectivity index is 2.37. The minimum atomic E-state index is 0.213. The van der Waals surface area contributed by atoms with Crippen molar-refractivity contribution in [2.45, 2.75) is 0 Å². The van der Waals surface area contributed by atoms with E-state index in [9.17, 15) is 5.11 Å². The second-order valence-corrected chi connectivity index (χ2v) is 3.50. The lowest BCUT2D eigenvalue weighted by Gasteiger charge is -1.99. The van der Waals surface area contributed by atoms with Gasteiger partial charge in [-0.15, -0.1) is 0 Å². The maximum Gasteiger partial charge on any atom is 0.115 e. The summed E-state index contributed by atoms with van der Waals surface area (Å²) < 4.78 is 0. The number of nitrogens with zero attached hydrogens (tertiary/aromatic N) is 2. The topological polar surface area (TPSA) is 56.9 Å². The molecule has 0 fully saturated rings. The molecule has 0 saturated heterocycles. The van der Waals surface area contributed by atoms with Crippen LogP contribution >= 0.6 is 0 Å². The van der Waals surface area contributed by atoms with Crippen molar-refractivity contribution in [2.24, 2.45) is 0 Å². The molecule has 0 aliphatic rings. The van der Waals surface area contributed by atoms with Gasteiger partial charge in [-0.25, -0.2) is 0 Å². The van der Waals surface area contributed by atoms with Crippen LogP contribution in [0.5, 0.6) is 5.75 Å². The number of aromatic nitrogens is 1. The number of rotatable bonds is 2. The van der Waals surface area contributed by atoms with Crippen molar-refractivity contribution >= 4 is 11.6 Å². The zero-order valence-corrected chi connectivity index (χ0v) is 9.04. The predicted molar refractivity (Wildman–Crippen MR) is 65.8 cm³/mol. The first-order chi connectivity index (χ1) is 8.29. The maximum absolute atomic E-state index is 9.17. The zero-order chi connectivity index (χ0) is 12.1. The molecular weight excluding hydrogens is 212 g/mol. The van der Waals surface area contributed by atoms with Crippen LogP contribution < -0.4 is 0 Å². The minimum Gasteiger partial charge on any atom is -0.508 e. The summed E-state index contributed by atoms with van der Waals surface area (Å²) in [5, 5.41) is 18.3. The second-order valence-electron chi connectivity index (χ2n) is 3.50. The highest BCUT2D eigenvalue weighted by Crippen LogP contribution is 2.18. The summed E-state index contributed by atoms with van der Waals surface area (Å²) in [7, 11) is 0. The molecule has 3 nitrogen and oxygen atoms in total. The van der Waals surface area contributed by atoms with E-state index in [4.69, 9.17) is 5.26 Å². The van der Waals surface area contributed by atoms with E-state index in [1.807, 2.05) is 0 Å². The number of benzene rings is 1. The number of hydrogen-bond donors (Lipinski definition) is 1. The van der Waals surface area contributed by atoms with Gasteiger partial charge in [0.15, 0.2) is 0 Å². The van der Waals surface area contributed by atoms with Crippen molar-refractivity contribution < 1.29 is 5.11 Å². The summed E-state index contributed by atoms with van der Waals surface area (Å²) in [4.78, 5) is 3.91. The minimum absolute atomic E-state index is 0.213. The number of allylic oxidation sites excluding steroid dienone is 1. The van der Waals surface area contributed by atoms with Crippen molar-refractivity contribution in [1.29, 1.82) is 5.26 Å². The van der Waals surface area contributed by atoms with Crippen LogP contribution in [0.3, 0.4) is 0 Å². The Morgan fingerprint density at radius 1 is 1.12 bits per heavy atom. The molecule has 1 aromatic carbocycles. The highest BCUT2D eigenvalue weighted by atomic mass is 16.3. The largest absolute Gasteiger partial charge is 0.508 e. The molecule has 1 heterocycles. The normalized spacial score (nSPS) is 10.9. The van der Waals surface area contributed by atoms with Gasteiger partial charge in [0, 0.05) is 12.4 Å². The molecule has 3 heteroatoms. The molecule has 0 aliphatic heterocycles. The fraction of sp³-hybridized carbons (Fsp3) is 0. The summed E-state index contributed by atoms with van der Waals surface area (Å²) in [5.41, 5.74) is 2.27. The van der Waals surface area contributed by atoms with Crippen LogP contribution in [0.25, 0.3) is 11.6 Å². The number of aromatic hydroxyl groups is 1. The SMILES string of the molecule is N#C/C(=C\c1ccc(O)cc1)c1ccncc1. The third-order valence-electron chi connectivity index (χ3n) is 2.32. The van der Waals surface area contributed by atoms with E-state index in [2.05, 4.69) is 11.1 Å². The fourth-order valence-corrected chi connectivity index (χ4v) is 1.45. The smallest absolute Gasteiger partial charge is 0.115 e. The lowest BCUT2D eigenvalue weighted by atomic mass is 10.1. The van der Waals surface area contributed by atoms with Crippen LogP contribution in [-0.2, 0) is 0 Å². The standard InChI is InChI=1S/C14H10N2O/c15-10-13(12-5-7-16-8-6-12)9-11-1-3-14(17)4-2-11/h1-9,17H/b13-9+. The third kappa shape index (κ3) is 2.70. The van der Waals surface area contributed by atoms with Gasteiger partial charge in [-0.2, -0.15) is 5.26 Å². The first kappa shape index (κ1) is 10.9. The summed E-state index contributed by atoms with van der Waals surface area (Å²) >= 11 is 0. The third-order valence-corrected chi connectivity index (χ3v) is 2.32. The molecule has 0 amide bonds. The highest BCUT2D eigenvalue weighted by molar-refractivity contribution is 5.89. The van der Waals surface area contributed by atoms with Gasteiger partial charge in [0.05, 0.1) is 11.6 Å². The molecule has 1 aromatic heterocycles. The van der Waals surface area contributed by atoms with Crippen LogP contribution in [-0.4, -0.2) is 10.1 Å². The number of phenols is 1. The number of phenolic OH excluding ortho intramolecular Hbond substituents is 1. The van der Waals surface area contributed by atoms with Gasteiger partial charge in [-0.1, -0.05) is 12.1 Å². The summed E-state index contributed by atoms with van der Waals surface area (Å²) in [5.74, 6) is 0.213. The summed E-state index contributed by atoms with van der Waals surface area (Å²) in [6.07, 6.45) is 5.07. The molecule has 0 aliphatic carbocycles. The molecule has 2 aromatic rings. The summed E-state index contributed by atoms with van der Waals surface area (Å²) in [6, 6.07) is 12.4. The molecule has 0 radical (unpaired) electrons. The van der Waals surface area contributed by atoms with Crippen molar-refractivity contribution in [3.63, 3.8) is 0 Å². The van der Waals surface area contributed by atoms with Crippen LogP contribution in [0.1, 0.15) is 11.1 Å². The second kappa shape index (κ2) is 4.95. The van der Waals surface area contributed by atoms with E-state index in [1.54, 1.807) is 54.9 Å². The average Bonchev–Trinajstić information content (AvgIpc) is 2.39. The monoisotopic (exact) mass is 222 g/mol. The summed E-state index contributed by atoms with van der Waals surface area (Å²) in [6.45, 7) is 0. The average molecular weight is 222 g/mol. The van der Waals surface area contributed by atoms with E-state index in [1.165, 1.54) is 0 Å². The quantitative estimate of drug-likeness (QED) is 0.795. The van der Waals surface area contributed by atoms with Gasteiger partial charge in [-0.3, -0.25) is 4.98 Å². The zero-order valence-electron chi connectivity index (χ0n) is 9.04. The molecule has 17 heavy (non-hydrogen) atoms. The number of hydrogen-bond acceptors (Lipinski definition) is 3. The molecule has 0 unspecified atom stereocenters. The molecule has 0 bridgehead atoms. The van der Waals surface area contributed by atoms with Gasteiger partial charge >= 0.3 is 0 Å². The Morgan fingerprint density at radius 3 is 2.35 bits per heavy atom. The van der Waals surface area contributed by atoms with Crippen LogP contribution in [0, 0.1) is 11.3 Å². The number of pyridine rings is 1. The van der Waals surface area contributed by atoms with Gasteiger partial charge in [0.2, 0.25) is 0 Å². The Labute approximate surface area is 99.3 Å². The molecule has 2 rings (SSSR count). The Kier molecular flexibility index (Phi) is 3.18. The predicted octanol–water partition coefficient (Wildman–Crippen LogP) is 2.85. The van der Waals surface area contributed by atoms with E-state index in [0.717, 1.165) is 11.1 Å². The lowest BCUT2D eigenvalue weighted by molar-refractivity contribution is 0.475. The lowest BCUT2D eigenvalue weighted by Crippen LogP contribution is -1.82. The first-order valence-corrected chi connectivity index (χ1v) is 5.11. The van der Waals surface area contributed by atoms with Crippen LogP contribution in [0.4, 0.5) is 0 Å². The van der Waals surface area contributed by atoms with Gasteiger partial charge in [0.25, 0.3) is 0 Å². The molecule has 0 spiro atoms. The van der Waals surface area contributed by atoms with Crippen molar-refractivity contribution in [2.75, 3.05) is 0 Å². The van der Waals surface area contributed by atoms with Crippen molar-refractivity contribution in [1.82, 2.24) is 4.98 Å². The van der Waals surface area contributed by atoms with Gasteiger partial charge in [0.1, 0.15) is 5.75 Å². The Hall–Kier alpha value is -2.60. The Morgan fingerprint density at radius 2 is 1.76 bits per heavy atom. The van der Waals surface area contributed by atoms with Crippen LogP contribution in [0.2, 0.25) is 0 Å². The van der Waals surface area contributed by atoms with E-state index in [-0.39, 0.29) is 5.75 Å². The molecule has 1 N–H and O–H groups in total. The molecule has 0 atom stereocenters. The fourth-order valence-electron chi connectivity index (χ4n) is 1.45. The Bertz CT molecular complexity index is 565. The van der Waals surface area contributed by atoms with E-state index >= 15 is 0 Å². The first-order valence-electron chi connectivity index (χ1n) is 5.11. The van der Waals surface area contributed by atoms with Gasteiger partial charge in [-0.05, 0) is 41.5 Å². The van der Waals surface area contributed by atoms with Crippen LogP contribution in [0.15, 0.2) is 48.8 Å². The molecular formula is C14H10N2O. The molecule has 82 valence electrons. The van der Waals surface area contributed by atoms with E-state index < -0.39 is 0 Å². The number of nitriles is 1. The maximum atomic E-state index is 9.17. The van der Waals surface area contributed by atoms with Crippen molar-refractivity contribution in [3.05, 3.63) is 59.9 Å². The molecule has 0 saturated carbocycles. The highest BCUT2D eigenvalue weighted by Gasteiger charge is 2.00. The van der Waals surface area contributed by atoms with Gasteiger partial charge < -0.3 is 5.11 Å². The van der Waals surface area contributed by atoms with Crippen molar-refractivity contribution in [3.8, 4) is 11.8 Å². The van der Waals surface area contributed by atoms with E-state index in [0.29, 0.717) is 5.57 Å².